The van der Waals surface area contributed by atoms with Gasteiger partial charge >= 0.3 is 0 Å². The van der Waals surface area contributed by atoms with E-state index in [1.54, 1.807) is 6.92 Å². The van der Waals surface area contributed by atoms with E-state index in [4.69, 9.17) is 10.2 Å². The smallest absolute Gasteiger partial charge is 0.275 e. The average Bonchev–Trinajstić information content (AvgIpc) is 2.95. The van der Waals surface area contributed by atoms with E-state index in [0.717, 1.165) is 30.0 Å². The predicted molar refractivity (Wildman–Crippen MR) is 98.4 cm³/mol. The Bertz CT molecular complexity index is 682. The summed E-state index contributed by atoms with van der Waals surface area (Å²) in [4.78, 5) is 12.6. The molecule has 1 unspecified atom stereocenters. The molecule has 1 fully saturated rings. The Morgan fingerprint density at radius 3 is 2.48 bits per heavy atom. The number of rotatable bonds is 6. The number of aryl methyl sites for hydroxylation is 1. The van der Waals surface area contributed by atoms with Gasteiger partial charge in [0.15, 0.2) is 0 Å². The monoisotopic (exact) mass is 393 g/mol. The maximum Gasteiger partial charge on any atom is 0.275 e. The Kier molecular flexibility index (Phi) is 7.92. The van der Waals surface area contributed by atoms with E-state index in [1.807, 2.05) is 0 Å². The minimum Gasteiger partial charge on any atom is -0.448 e. The molecule has 1 heterocycles. The molecule has 3 N–H and O–H groups in total. The van der Waals surface area contributed by atoms with Crippen LogP contribution in [0.5, 0.6) is 0 Å². The maximum atomic E-state index is 12.6. The first-order valence-electron chi connectivity index (χ1n) is 8.31. The van der Waals surface area contributed by atoms with Crippen molar-refractivity contribution in [3.05, 3.63) is 17.4 Å². The molecule has 1 aromatic heterocycles. The molecule has 0 aromatic carbocycles. The first kappa shape index (κ1) is 22.0. The summed E-state index contributed by atoms with van der Waals surface area (Å²) in [6.07, 6.45) is 5.67. The fourth-order valence-electron chi connectivity index (χ4n) is 3.14. The first-order valence-corrected chi connectivity index (χ1v) is 9.75. The van der Waals surface area contributed by atoms with Crippen molar-refractivity contribution in [1.29, 1.82) is 0 Å². The van der Waals surface area contributed by atoms with E-state index in [0.29, 0.717) is 12.5 Å². The third-order valence-corrected chi connectivity index (χ3v) is 6.34. The Balaban J connectivity index is 0.00000312. The highest BCUT2D eigenvalue weighted by molar-refractivity contribution is 7.88. The van der Waals surface area contributed by atoms with Crippen LogP contribution < -0.4 is 11.1 Å². The standard InChI is InChI=1S/C16H27N3O4S.ClH/c1-11-13(9-15(23-11)24(21,22)19(2)3)16(20)18-14(10-17)12-7-5-4-6-8-12;/h9,12,14H,4-8,10,17H2,1-3H3,(H,18,20);1H. The van der Waals surface area contributed by atoms with Crippen LogP contribution in [0.15, 0.2) is 15.6 Å². The summed E-state index contributed by atoms with van der Waals surface area (Å²) in [5.41, 5.74) is 6.08. The van der Waals surface area contributed by atoms with Gasteiger partial charge in [0.2, 0.25) is 5.09 Å². The summed E-state index contributed by atoms with van der Waals surface area (Å²) in [5, 5.41) is 2.73. The van der Waals surface area contributed by atoms with E-state index in [1.165, 1.54) is 26.6 Å². The van der Waals surface area contributed by atoms with Crippen LogP contribution in [0, 0.1) is 12.8 Å². The number of amides is 1. The predicted octanol–water partition coefficient (Wildman–Crippen LogP) is 1.90. The van der Waals surface area contributed by atoms with Crippen LogP contribution in [-0.4, -0.2) is 45.3 Å². The maximum absolute atomic E-state index is 12.6. The summed E-state index contributed by atoms with van der Waals surface area (Å²) < 4.78 is 30.6. The van der Waals surface area contributed by atoms with Crippen LogP contribution in [0.1, 0.15) is 48.2 Å². The van der Waals surface area contributed by atoms with Crippen molar-refractivity contribution < 1.29 is 17.6 Å². The zero-order valence-corrected chi connectivity index (χ0v) is 16.6. The molecule has 0 bridgehead atoms. The molecule has 144 valence electrons. The summed E-state index contributed by atoms with van der Waals surface area (Å²) >= 11 is 0. The van der Waals surface area contributed by atoms with Gasteiger partial charge < -0.3 is 15.5 Å². The molecule has 2 rings (SSSR count). The molecule has 1 atom stereocenters. The van der Waals surface area contributed by atoms with Crippen LogP contribution in [0.4, 0.5) is 0 Å². The van der Waals surface area contributed by atoms with Crippen LogP contribution >= 0.6 is 12.4 Å². The van der Waals surface area contributed by atoms with Gasteiger partial charge in [-0.25, -0.2) is 12.7 Å². The summed E-state index contributed by atoms with van der Waals surface area (Å²) in [7, 11) is -0.870. The topological polar surface area (TPSA) is 106 Å². The summed E-state index contributed by atoms with van der Waals surface area (Å²) in [6.45, 7) is 1.96. The lowest BCUT2D eigenvalue weighted by Gasteiger charge is -2.30. The highest BCUT2D eigenvalue weighted by atomic mass is 35.5. The van der Waals surface area contributed by atoms with E-state index in [-0.39, 0.29) is 40.8 Å². The quantitative estimate of drug-likeness (QED) is 0.767. The highest BCUT2D eigenvalue weighted by Gasteiger charge is 2.28. The molecule has 0 radical (unpaired) electrons. The zero-order chi connectivity index (χ0) is 17.9. The molecule has 25 heavy (non-hydrogen) atoms. The number of hydrogen-bond acceptors (Lipinski definition) is 5. The van der Waals surface area contributed by atoms with Gasteiger partial charge in [0.25, 0.3) is 15.9 Å². The molecule has 1 saturated carbocycles. The number of halogens is 1. The van der Waals surface area contributed by atoms with Gasteiger partial charge in [0.05, 0.1) is 5.56 Å². The van der Waals surface area contributed by atoms with Crippen molar-refractivity contribution in [2.24, 2.45) is 11.7 Å². The number of furan rings is 1. The van der Waals surface area contributed by atoms with Gasteiger partial charge in [0, 0.05) is 32.7 Å². The fraction of sp³-hybridized carbons (Fsp3) is 0.688. The number of carbonyl (C=O) groups excluding carboxylic acids is 1. The van der Waals surface area contributed by atoms with Gasteiger partial charge in [0.1, 0.15) is 5.76 Å². The number of nitrogens with zero attached hydrogens (tertiary/aromatic N) is 1. The van der Waals surface area contributed by atoms with Gasteiger partial charge in [-0.1, -0.05) is 19.3 Å². The number of nitrogens with two attached hydrogens (primary N) is 1. The summed E-state index contributed by atoms with van der Waals surface area (Å²) in [6, 6.07) is 1.19. The Labute approximate surface area is 155 Å². The highest BCUT2D eigenvalue weighted by Crippen LogP contribution is 2.27. The fourth-order valence-corrected chi connectivity index (χ4v) is 4.00. The molecule has 0 saturated heterocycles. The molecule has 0 spiro atoms. The van der Waals surface area contributed by atoms with Crippen LogP contribution in [-0.2, 0) is 10.0 Å². The van der Waals surface area contributed by atoms with Crippen molar-refractivity contribution in [2.45, 2.75) is 50.2 Å². The number of hydrogen-bond donors (Lipinski definition) is 2. The van der Waals surface area contributed by atoms with Crippen molar-refractivity contribution in [3.8, 4) is 0 Å². The number of sulfonamides is 1. The Morgan fingerprint density at radius 1 is 1.36 bits per heavy atom. The lowest BCUT2D eigenvalue weighted by molar-refractivity contribution is 0.0914. The van der Waals surface area contributed by atoms with Crippen molar-refractivity contribution >= 4 is 28.3 Å². The molecule has 1 aromatic rings. The van der Waals surface area contributed by atoms with E-state index >= 15 is 0 Å². The van der Waals surface area contributed by atoms with Gasteiger partial charge in [-0.15, -0.1) is 12.4 Å². The normalized spacial score (nSPS) is 17.2. The molecule has 7 nitrogen and oxygen atoms in total. The third-order valence-electron chi connectivity index (χ3n) is 4.66. The van der Waals surface area contributed by atoms with E-state index < -0.39 is 10.0 Å². The van der Waals surface area contributed by atoms with E-state index in [9.17, 15) is 13.2 Å². The third kappa shape index (κ3) is 4.97. The van der Waals surface area contributed by atoms with Crippen LogP contribution in [0.2, 0.25) is 0 Å². The number of nitrogens with one attached hydrogen (secondary N) is 1. The second-order valence-electron chi connectivity index (χ2n) is 6.54. The second kappa shape index (κ2) is 9.02. The van der Waals surface area contributed by atoms with Crippen LogP contribution in [0.3, 0.4) is 0 Å². The first-order chi connectivity index (χ1) is 11.3. The lowest BCUT2D eigenvalue weighted by Crippen LogP contribution is -2.46. The average molecular weight is 394 g/mol. The van der Waals surface area contributed by atoms with Crippen molar-refractivity contribution in [1.82, 2.24) is 9.62 Å². The zero-order valence-electron chi connectivity index (χ0n) is 14.9. The summed E-state index contributed by atoms with van der Waals surface area (Å²) in [5.74, 6) is 0.328. The molecular formula is C16H28ClN3O4S. The molecule has 0 aliphatic heterocycles. The molecule has 9 heteroatoms. The lowest BCUT2D eigenvalue weighted by atomic mass is 9.84. The largest absolute Gasteiger partial charge is 0.448 e. The molecule has 1 aliphatic carbocycles. The molecule has 1 amide bonds. The van der Waals surface area contributed by atoms with Crippen LogP contribution in [0.25, 0.3) is 0 Å². The Hall–Kier alpha value is -1.09. The second-order valence-corrected chi connectivity index (χ2v) is 8.62. The minimum absolute atomic E-state index is 0. The Morgan fingerprint density at radius 2 is 1.96 bits per heavy atom. The number of carbonyl (C=O) groups is 1. The SMILES string of the molecule is Cc1oc(S(=O)(=O)N(C)C)cc1C(=O)NC(CN)C1CCCCC1.Cl. The van der Waals surface area contributed by atoms with Crippen molar-refractivity contribution in [3.63, 3.8) is 0 Å². The molecular weight excluding hydrogens is 366 g/mol. The minimum atomic E-state index is -3.70. The van der Waals surface area contributed by atoms with Crippen molar-refractivity contribution in [2.75, 3.05) is 20.6 Å². The van der Waals surface area contributed by atoms with Gasteiger partial charge in [-0.3, -0.25) is 4.79 Å². The molecule has 1 aliphatic rings. The van der Waals surface area contributed by atoms with E-state index in [2.05, 4.69) is 5.32 Å². The van der Waals surface area contributed by atoms with Gasteiger partial charge in [-0.05, 0) is 25.7 Å². The van der Waals surface area contributed by atoms with Gasteiger partial charge in [-0.2, -0.15) is 0 Å².